The van der Waals surface area contributed by atoms with Crippen molar-refractivity contribution in [3.8, 4) is 0 Å². The number of rotatable bonds is 0. The maximum atomic E-state index is 5.62. The van der Waals surface area contributed by atoms with Gasteiger partial charge >= 0.3 is 53.5 Å². The van der Waals surface area contributed by atoms with Gasteiger partial charge in [-0.2, -0.15) is 12.1 Å². The Hall–Kier alpha value is -0.660. The maximum absolute atomic E-state index is 5.62. The fourth-order valence-electron chi connectivity index (χ4n) is 3.92. The third-order valence-electron chi connectivity index (χ3n) is 6.37. The first-order valence-electron chi connectivity index (χ1n) is 11.1. The third-order valence-corrected chi connectivity index (χ3v) is 26.1. The topological polar surface area (TPSA) is 0 Å². The van der Waals surface area contributed by atoms with Gasteiger partial charge in [-0.05, 0) is 41.5 Å². The van der Waals surface area contributed by atoms with E-state index in [1.807, 2.05) is 0 Å². The molecular formula is C28H36Cl2SiZr-2. The first-order chi connectivity index (χ1) is 14.8. The molecule has 0 fully saturated rings. The number of hydrogen-bond donors (Lipinski definition) is 0. The zero-order valence-electron chi connectivity index (χ0n) is 21.2. The molecule has 172 valence electrons. The van der Waals surface area contributed by atoms with Crippen LogP contribution in [0.3, 0.4) is 0 Å². The molecule has 0 atom stereocenters. The maximum Gasteiger partial charge on any atom is -0.0408 e. The van der Waals surface area contributed by atoms with Crippen LogP contribution in [0, 0.1) is 55.4 Å². The molecule has 0 aliphatic heterocycles. The molecule has 0 saturated heterocycles. The fourth-order valence-corrected chi connectivity index (χ4v) is 3.92. The number of fused-ring (bicyclic) bond motifs is 2. The molecule has 0 radical (unpaired) electrons. The van der Waals surface area contributed by atoms with E-state index in [-0.39, 0.29) is 5.43 Å². The van der Waals surface area contributed by atoms with Gasteiger partial charge in [0.15, 0.2) is 0 Å². The van der Waals surface area contributed by atoms with E-state index in [0.29, 0.717) is 0 Å². The Kier molecular flexibility index (Phi) is 10.0. The number of aryl methyl sites for hydroxylation is 6. The summed E-state index contributed by atoms with van der Waals surface area (Å²) in [4.78, 5) is 0. The predicted molar refractivity (Wildman–Crippen MR) is 146 cm³/mol. The molecule has 0 saturated carbocycles. The normalized spacial score (nSPS) is 10.5. The van der Waals surface area contributed by atoms with Gasteiger partial charge in [-0.25, -0.2) is 0 Å². The van der Waals surface area contributed by atoms with E-state index in [2.05, 4.69) is 105 Å². The van der Waals surface area contributed by atoms with Crippen molar-refractivity contribution < 1.29 is 18.0 Å². The molecule has 0 bridgehead atoms. The summed E-state index contributed by atoms with van der Waals surface area (Å²) in [6, 6.07) is 13.6. The van der Waals surface area contributed by atoms with Crippen molar-refractivity contribution in [2.24, 2.45) is 0 Å². The molecule has 0 heterocycles. The van der Waals surface area contributed by atoms with E-state index in [1.165, 1.54) is 66.1 Å². The Morgan fingerprint density at radius 3 is 1.19 bits per heavy atom. The predicted octanol–water partition coefficient (Wildman–Crippen LogP) is 9.75. The minimum atomic E-state index is -1.65. The Morgan fingerprint density at radius 1 is 0.594 bits per heavy atom. The van der Waals surface area contributed by atoms with Gasteiger partial charge in [-0.3, -0.25) is 0 Å². The van der Waals surface area contributed by atoms with Gasteiger partial charge < -0.3 is 0 Å². The second-order valence-corrected chi connectivity index (χ2v) is 32.2. The van der Waals surface area contributed by atoms with Crippen LogP contribution in [-0.4, -0.2) is 5.43 Å². The summed E-state index contributed by atoms with van der Waals surface area (Å²) in [6.07, 6.45) is 0. The van der Waals surface area contributed by atoms with Crippen molar-refractivity contribution in [3.05, 3.63) is 80.9 Å². The van der Waals surface area contributed by atoms with Crippen molar-refractivity contribution >= 4 is 44.0 Å². The molecule has 0 nitrogen and oxygen atoms in total. The quantitative estimate of drug-likeness (QED) is 0.148. The smallest absolute Gasteiger partial charge is 0.0408 e. The summed E-state index contributed by atoms with van der Waals surface area (Å²) in [7, 11) is 11.2. The van der Waals surface area contributed by atoms with Crippen molar-refractivity contribution in [1.29, 1.82) is 0 Å². The van der Waals surface area contributed by atoms with E-state index < -0.39 is 18.0 Å². The van der Waals surface area contributed by atoms with Crippen LogP contribution < -0.4 is 0 Å². The van der Waals surface area contributed by atoms with E-state index in [0.717, 1.165) is 0 Å². The van der Waals surface area contributed by atoms with Crippen LogP contribution in [0.15, 0.2) is 36.4 Å². The SMILES string of the molecule is C[Si](C)=[Zr]([Cl])[Cl].Cc1cc2c(C)c(C)c(C)cc2[cH-]1.Cc1cc2c(C)c(C)c(C)cc2[cH-]1. The van der Waals surface area contributed by atoms with Crippen LogP contribution in [0.1, 0.15) is 44.5 Å². The van der Waals surface area contributed by atoms with Crippen molar-refractivity contribution in [2.45, 2.75) is 68.5 Å². The van der Waals surface area contributed by atoms with Crippen LogP contribution >= 0.6 is 17.0 Å². The summed E-state index contributed by atoms with van der Waals surface area (Å²) in [6.45, 7) is 21.8. The van der Waals surface area contributed by atoms with Crippen LogP contribution in [0.4, 0.5) is 0 Å². The second kappa shape index (κ2) is 11.7. The van der Waals surface area contributed by atoms with Crippen molar-refractivity contribution in [2.75, 3.05) is 0 Å². The van der Waals surface area contributed by atoms with Crippen LogP contribution in [0.2, 0.25) is 13.1 Å². The molecule has 0 aromatic heterocycles. The average molecular weight is 563 g/mol. The Labute approximate surface area is 210 Å². The summed E-state index contributed by atoms with van der Waals surface area (Å²) >= 11 is -1.65. The van der Waals surface area contributed by atoms with E-state index in [1.54, 1.807) is 0 Å². The van der Waals surface area contributed by atoms with Gasteiger partial charge in [0.25, 0.3) is 0 Å². The van der Waals surface area contributed by atoms with Gasteiger partial charge in [0.2, 0.25) is 0 Å². The summed E-state index contributed by atoms with van der Waals surface area (Å²) in [5.41, 5.74) is 11.0. The van der Waals surface area contributed by atoms with Gasteiger partial charge in [0.1, 0.15) is 0 Å². The number of hydrogen-bond acceptors (Lipinski definition) is 0. The average Bonchev–Trinajstić information content (AvgIpc) is 3.27. The molecule has 0 N–H and O–H groups in total. The minimum absolute atomic E-state index is 0.224. The number of benzene rings is 2. The zero-order chi connectivity index (χ0) is 24.3. The van der Waals surface area contributed by atoms with Crippen LogP contribution in [0.25, 0.3) is 21.5 Å². The summed E-state index contributed by atoms with van der Waals surface area (Å²) in [5.74, 6) is 0. The van der Waals surface area contributed by atoms with Crippen LogP contribution in [0.5, 0.6) is 0 Å². The van der Waals surface area contributed by atoms with E-state index in [4.69, 9.17) is 17.0 Å². The Bertz CT molecular complexity index is 1180. The first kappa shape index (κ1) is 27.6. The Morgan fingerprint density at radius 2 is 0.906 bits per heavy atom. The number of halogens is 2. The molecule has 0 amide bonds. The molecule has 4 aromatic carbocycles. The summed E-state index contributed by atoms with van der Waals surface area (Å²) in [5, 5.41) is 5.61. The molecule has 0 spiro atoms. The molecule has 4 heteroatoms. The molecule has 0 unspecified atom stereocenters. The third kappa shape index (κ3) is 6.69. The molecule has 0 aliphatic carbocycles. The molecule has 32 heavy (non-hydrogen) atoms. The molecule has 0 aliphatic rings. The van der Waals surface area contributed by atoms with Crippen LogP contribution in [-0.2, 0) is 18.0 Å². The van der Waals surface area contributed by atoms with E-state index >= 15 is 0 Å². The monoisotopic (exact) mass is 560 g/mol. The van der Waals surface area contributed by atoms with E-state index in [9.17, 15) is 0 Å². The molecule has 4 aromatic rings. The van der Waals surface area contributed by atoms with Crippen molar-refractivity contribution in [1.82, 2.24) is 0 Å². The zero-order valence-corrected chi connectivity index (χ0v) is 26.2. The minimum Gasteiger partial charge on any atom is -0.165 e. The van der Waals surface area contributed by atoms with Gasteiger partial charge in [-0.15, -0.1) is 56.9 Å². The van der Waals surface area contributed by atoms with Gasteiger partial charge in [0, 0.05) is 0 Å². The van der Waals surface area contributed by atoms with Gasteiger partial charge in [-0.1, -0.05) is 47.2 Å². The molecular weight excluding hydrogens is 527 g/mol. The fraction of sp³-hybridized carbons (Fsp3) is 0.357. The molecule has 4 rings (SSSR count). The standard InChI is InChI=1S/2C13H15.C2H6Si.2ClH.Zr/c2*1-8-5-12-7-9(2)10(3)11(4)13(12)6-8;1-3-2;;;/h2*5-7H,1-4H3;1-2H3;2*1H;/q2*-1;;;;+2/p-2. The Balaban J connectivity index is 0.000000183. The first-order valence-corrected chi connectivity index (χ1v) is 23.6. The largest absolute Gasteiger partial charge is 0.165 e. The van der Waals surface area contributed by atoms with Gasteiger partial charge in [0.05, 0.1) is 0 Å². The summed E-state index contributed by atoms with van der Waals surface area (Å²) < 4.78 is 0. The van der Waals surface area contributed by atoms with Crippen molar-refractivity contribution in [3.63, 3.8) is 0 Å². The second-order valence-electron chi connectivity index (χ2n) is 9.22.